The van der Waals surface area contributed by atoms with Crippen LogP contribution in [-0.4, -0.2) is 55.7 Å². The predicted molar refractivity (Wildman–Crippen MR) is 118 cm³/mol. The van der Waals surface area contributed by atoms with Crippen molar-refractivity contribution in [2.45, 2.75) is 18.7 Å². The third kappa shape index (κ3) is 4.62. The first-order valence-electron chi connectivity index (χ1n) is 9.85. The molecule has 0 unspecified atom stereocenters. The summed E-state index contributed by atoms with van der Waals surface area (Å²) in [4.78, 5) is 18.3. The van der Waals surface area contributed by atoms with Crippen LogP contribution < -0.4 is 4.72 Å². The number of aromatic nitrogens is 2. The molecule has 1 aliphatic heterocycles. The molecule has 0 aliphatic carbocycles. The number of sulfonamides is 1. The highest BCUT2D eigenvalue weighted by molar-refractivity contribution is 7.92. The van der Waals surface area contributed by atoms with Gasteiger partial charge in [-0.2, -0.15) is 4.98 Å². The molecule has 1 fully saturated rings. The Kier molecular flexibility index (Phi) is 6.18. The molecule has 0 saturated carbocycles. The molecule has 1 aliphatic rings. The molecular formula is C21H21ClN4O5S. The molecule has 0 bridgehead atoms. The van der Waals surface area contributed by atoms with Crippen LogP contribution in [0.4, 0.5) is 5.69 Å². The number of morpholine rings is 1. The molecule has 1 N–H and O–H groups in total. The minimum Gasteiger partial charge on any atom is -0.378 e. The normalized spacial score (nSPS) is 14.4. The summed E-state index contributed by atoms with van der Waals surface area (Å²) in [7, 11) is -3.92. The fourth-order valence-corrected chi connectivity index (χ4v) is 4.83. The Morgan fingerprint density at radius 3 is 2.56 bits per heavy atom. The number of carbonyl (C=O) groups excluding carboxylic acids is 1. The third-order valence-corrected chi connectivity index (χ3v) is 6.83. The number of aryl methyl sites for hydroxylation is 2. The molecule has 2 heterocycles. The van der Waals surface area contributed by atoms with Gasteiger partial charge in [0.25, 0.3) is 10.0 Å². The fourth-order valence-electron chi connectivity index (χ4n) is 3.26. The van der Waals surface area contributed by atoms with Crippen molar-refractivity contribution >= 4 is 33.2 Å². The van der Waals surface area contributed by atoms with Gasteiger partial charge in [0.15, 0.2) is 0 Å². The van der Waals surface area contributed by atoms with Crippen LogP contribution in [0.5, 0.6) is 0 Å². The van der Waals surface area contributed by atoms with Crippen molar-refractivity contribution in [3.8, 4) is 11.4 Å². The maximum absolute atomic E-state index is 13.1. The number of amides is 1. The number of benzene rings is 2. The van der Waals surface area contributed by atoms with Crippen molar-refractivity contribution < 1.29 is 22.5 Å². The minimum absolute atomic E-state index is 0.0558. The monoisotopic (exact) mass is 476 g/mol. The second kappa shape index (κ2) is 8.89. The summed E-state index contributed by atoms with van der Waals surface area (Å²) >= 11 is 6.01. The van der Waals surface area contributed by atoms with Crippen LogP contribution in [0.15, 0.2) is 45.8 Å². The molecule has 32 heavy (non-hydrogen) atoms. The van der Waals surface area contributed by atoms with Crippen molar-refractivity contribution in [1.82, 2.24) is 15.0 Å². The third-order valence-electron chi connectivity index (χ3n) is 5.09. The van der Waals surface area contributed by atoms with Gasteiger partial charge in [-0.05, 0) is 43.2 Å². The molecule has 2 aromatic carbocycles. The zero-order valence-corrected chi connectivity index (χ0v) is 19.0. The Bertz CT molecular complexity index is 1270. The predicted octanol–water partition coefficient (Wildman–Crippen LogP) is 3.28. The van der Waals surface area contributed by atoms with Gasteiger partial charge in [-0.15, -0.1) is 0 Å². The quantitative estimate of drug-likeness (QED) is 0.600. The Labute approximate surface area is 190 Å². The Morgan fingerprint density at radius 1 is 1.09 bits per heavy atom. The summed E-state index contributed by atoms with van der Waals surface area (Å²) in [6.07, 6.45) is 0. The topological polar surface area (TPSA) is 115 Å². The van der Waals surface area contributed by atoms with Gasteiger partial charge in [0.2, 0.25) is 5.82 Å². The maximum Gasteiger partial charge on any atom is 0.316 e. The molecule has 3 aromatic rings. The molecule has 0 radical (unpaired) electrons. The molecule has 0 spiro atoms. The average Bonchev–Trinajstić information content (AvgIpc) is 3.26. The zero-order chi connectivity index (χ0) is 22.9. The Balaban J connectivity index is 1.62. The van der Waals surface area contributed by atoms with Crippen LogP contribution in [0.2, 0.25) is 5.02 Å². The molecule has 1 saturated heterocycles. The van der Waals surface area contributed by atoms with E-state index in [4.69, 9.17) is 20.9 Å². The van der Waals surface area contributed by atoms with E-state index in [-0.39, 0.29) is 22.5 Å². The highest BCUT2D eigenvalue weighted by Gasteiger charge is 2.25. The van der Waals surface area contributed by atoms with Crippen LogP contribution in [-0.2, 0) is 14.8 Å². The lowest BCUT2D eigenvalue weighted by atomic mass is 10.1. The van der Waals surface area contributed by atoms with Crippen molar-refractivity contribution in [1.29, 1.82) is 0 Å². The van der Waals surface area contributed by atoms with Crippen molar-refractivity contribution in [2.24, 2.45) is 0 Å². The van der Waals surface area contributed by atoms with E-state index >= 15 is 0 Å². The van der Waals surface area contributed by atoms with E-state index in [0.29, 0.717) is 48.1 Å². The Morgan fingerprint density at radius 2 is 1.81 bits per heavy atom. The lowest BCUT2D eigenvalue weighted by molar-refractivity contribution is 0.0272. The van der Waals surface area contributed by atoms with E-state index in [9.17, 15) is 13.2 Å². The highest BCUT2D eigenvalue weighted by atomic mass is 35.5. The van der Waals surface area contributed by atoms with Gasteiger partial charge in [0.05, 0.1) is 23.8 Å². The van der Waals surface area contributed by atoms with Gasteiger partial charge >= 0.3 is 11.8 Å². The molecular weight excluding hydrogens is 456 g/mol. The number of nitrogens with zero attached hydrogens (tertiary/aromatic N) is 3. The van der Waals surface area contributed by atoms with Crippen LogP contribution in [0.25, 0.3) is 11.4 Å². The van der Waals surface area contributed by atoms with E-state index in [1.807, 2.05) is 0 Å². The minimum atomic E-state index is -3.92. The number of rotatable bonds is 5. The molecule has 11 heteroatoms. The summed E-state index contributed by atoms with van der Waals surface area (Å²) in [5, 5.41) is 4.29. The highest BCUT2D eigenvalue weighted by Crippen LogP contribution is 2.27. The van der Waals surface area contributed by atoms with E-state index in [1.165, 1.54) is 6.07 Å². The lowest BCUT2D eigenvalue weighted by Crippen LogP contribution is -2.40. The van der Waals surface area contributed by atoms with Crippen LogP contribution >= 0.6 is 11.6 Å². The number of hydrogen-bond donors (Lipinski definition) is 1. The van der Waals surface area contributed by atoms with Gasteiger partial charge in [-0.3, -0.25) is 9.52 Å². The van der Waals surface area contributed by atoms with E-state index < -0.39 is 10.0 Å². The standard InChI is InChI=1S/C21H21ClN4O5S/c1-13-4-6-16(22)12-17(13)25-32(28,29)18-11-15(5-3-14(18)2)19-23-20(31-24-19)21(27)26-7-9-30-10-8-26/h3-6,11-12,25H,7-10H2,1-2H3. The maximum atomic E-state index is 13.1. The summed E-state index contributed by atoms with van der Waals surface area (Å²) < 4.78 is 39.2. The average molecular weight is 477 g/mol. The number of ether oxygens (including phenoxy) is 1. The van der Waals surface area contributed by atoms with E-state index in [0.717, 1.165) is 5.56 Å². The summed E-state index contributed by atoms with van der Waals surface area (Å²) in [5.41, 5.74) is 2.06. The summed E-state index contributed by atoms with van der Waals surface area (Å²) in [6.45, 7) is 5.25. The number of halogens is 1. The molecule has 168 valence electrons. The smallest absolute Gasteiger partial charge is 0.316 e. The first-order chi connectivity index (χ1) is 15.2. The summed E-state index contributed by atoms with van der Waals surface area (Å²) in [5.74, 6) is -0.415. The fraction of sp³-hybridized carbons (Fsp3) is 0.286. The SMILES string of the molecule is Cc1ccc(Cl)cc1NS(=O)(=O)c1cc(-c2noc(C(=O)N3CCOCC3)n2)ccc1C. The number of nitrogens with one attached hydrogen (secondary N) is 1. The molecule has 1 aromatic heterocycles. The van der Waals surface area contributed by atoms with Crippen molar-refractivity contribution in [2.75, 3.05) is 31.0 Å². The summed E-state index contributed by atoms with van der Waals surface area (Å²) in [6, 6.07) is 9.74. The van der Waals surface area contributed by atoms with E-state index in [2.05, 4.69) is 14.9 Å². The van der Waals surface area contributed by atoms with E-state index in [1.54, 1.807) is 49.1 Å². The molecule has 4 rings (SSSR count). The number of hydrogen-bond acceptors (Lipinski definition) is 7. The first-order valence-corrected chi connectivity index (χ1v) is 11.7. The molecule has 9 nitrogen and oxygen atoms in total. The van der Waals surface area contributed by atoms with Gasteiger partial charge < -0.3 is 14.2 Å². The van der Waals surface area contributed by atoms with Gasteiger partial charge in [-0.1, -0.05) is 35.0 Å². The number of anilines is 1. The second-order valence-electron chi connectivity index (χ2n) is 7.37. The zero-order valence-electron chi connectivity index (χ0n) is 17.5. The van der Waals surface area contributed by atoms with Gasteiger partial charge in [-0.25, -0.2) is 8.42 Å². The van der Waals surface area contributed by atoms with Crippen molar-refractivity contribution in [3.05, 3.63) is 58.4 Å². The largest absolute Gasteiger partial charge is 0.378 e. The van der Waals surface area contributed by atoms with Crippen LogP contribution in [0.3, 0.4) is 0 Å². The van der Waals surface area contributed by atoms with Gasteiger partial charge in [0.1, 0.15) is 0 Å². The number of carbonyl (C=O) groups is 1. The molecule has 1 amide bonds. The van der Waals surface area contributed by atoms with Crippen LogP contribution in [0.1, 0.15) is 21.8 Å². The van der Waals surface area contributed by atoms with Gasteiger partial charge in [0, 0.05) is 23.7 Å². The van der Waals surface area contributed by atoms with Crippen molar-refractivity contribution in [3.63, 3.8) is 0 Å². The first kappa shape index (κ1) is 22.3. The lowest BCUT2D eigenvalue weighted by Gasteiger charge is -2.25. The molecule has 0 atom stereocenters. The second-order valence-corrected chi connectivity index (χ2v) is 9.46. The Hall–Kier alpha value is -2.95. The van der Waals surface area contributed by atoms with Crippen LogP contribution in [0, 0.1) is 13.8 Å².